The second-order valence-electron chi connectivity index (χ2n) is 11.8. The van der Waals surface area contributed by atoms with Gasteiger partial charge in [0, 0.05) is 5.39 Å². The lowest BCUT2D eigenvalue weighted by Crippen LogP contribution is -2.18. The maximum atomic E-state index is 14.0. The number of rotatable bonds is 15. The summed E-state index contributed by atoms with van der Waals surface area (Å²) in [6, 6.07) is 10.6. The Morgan fingerprint density at radius 2 is 0.655 bits per heavy atom. The molecule has 0 atom stereocenters. The minimum absolute atomic E-state index is 0.389. The van der Waals surface area contributed by atoms with Gasteiger partial charge >= 0.3 is 35.8 Å². The third kappa shape index (κ3) is 8.93. The molecule has 0 aliphatic rings. The Morgan fingerprint density at radius 1 is 0.362 bits per heavy atom. The summed E-state index contributed by atoms with van der Waals surface area (Å²) in [7, 11) is -15.0. The highest BCUT2D eigenvalue weighted by Gasteiger charge is 2.27. The molecule has 9 N–H and O–H groups in total. The van der Waals surface area contributed by atoms with Crippen molar-refractivity contribution in [2.24, 2.45) is 0 Å². The van der Waals surface area contributed by atoms with Gasteiger partial charge in [-0.1, -0.05) is 6.07 Å². The summed E-state index contributed by atoms with van der Waals surface area (Å²) in [6.45, 7) is 0. The van der Waals surface area contributed by atoms with E-state index < -0.39 is 136 Å². The molecule has 0 spiro atoms. The first-order valence-corrected chi connectivity index (χ1v) is 19.8. The zero-order chi connectivity index (χ0) is 43.1. The number of aromatic carboxylic acids is 6. The molecule has 300 valence electrons. The van der Waals surface area contributed by atoms with Crippen LogP contribution in [-0.4, -0.2) is 91.7 Å². The van der Waals surface area contributed by atoms with E-state index in [1.54, 1.807) is 0 Å². The molecule has 5 rings (SSSR count). The van der Waals surface area contributed by atoms with Crippen LogP contribution >= 0.6 is 0 Å². The van der Waals surface area contributed by atoms with Crippen molar-refractivity contribution in [3.63, 3.8) is 0 Å². The van der Waals surface area contributed by atoms with Gasteiger partial charge in [0.2, 0.25) is 0 Å². The first kappa shape index (κ1) is 41.6. The fraction of sp³-hybridized carbons (Fsp3) is 0. The molecule has 0 aliphatic carbocycles. The van der Waals surface area contributed by atoms with Crippen molar-refractivity contribution in [1.82, 2.24) is 0 Å². The van der Waals surface area contributed by atoms with E-state index in [-0.39, 0.29) is 5.39 Å². The quantitative estimate of drug-likeness (QED) is 0.0728. The molecule has 0 radical (unpaired) electrons. The van der Waals surface area contributed by atoms with E-state index in [4.69, 9.17) is 0 Å². The van der Waals surface area contributed by atoms with Gasteiger partial charge in [-0.05, 0) is 84.2 Å². The second-order valence-corrected chi connectivity index (χ2v) is 16.9. The zero-order valence-electron chi connectivity index (χ0n) is 28.4. The topological polar surface area (TPSA) is 362 Å². The minimum Gasteiger partial charge on any atom is -0.478 e. The van der Waals surface area contributed by atoms with Crippen LogP contribution in [0.15, 0.2) is 99.6 Å². The average molecular weight is 858 g/mol. The molecular formula is C34H23N3O18S3. The van der Waals surface area contributed by atoms with Crippen LogP contribution < -0.4 is 14.2 Å². The Hall–Kier alpha value is -7.57. The first-order valence-electron chi connectivity index (χ1n) is 15.4. The Morgan fingerprint density at radius 3 is 0.983 bits per heavy atom. The molecule has 21 nitrogen and oxygen atoms in total. The number of benzene rings is 5. The number of hydrogen-bond acceptors (Lipinski definition) is 12. The SMILES string of the molecule is O=C(O)c1cc(NS(=O)(=O)c2ccc3c(S(=O)(=O)Nc4cc(C(=O)O)cc(C(=O)O)c4)cc(S(=O)(=O)Nc4cc(C(=O)O)cc(C(=O)O)c4)cc3c2)cc(C(=O)O)c1. The van der Waals surface area contributed by atoms with Crippen molar-refractivity contribution in [3.05, 3.63) is 118 Å². The van der Waals surface area contributed by atoms with E-state index in [2.05, 4.69) is 0 Å². The number of carboxylic acids is 6. The number of carbonyl (C=O) groups is 6. The molecule has 0 amide bonds. The molecule has 24 heteroatoms. The highest BCUT2D eigenvalue weighted by atomic mass is 32.2. The Labute approximate surface area is 324 Å². The molecule has 0 aromatic heterocycles. The molecule has 5 aromatic rings. The van der Waals surface area contributed by atoms with Gasteiger partial charge in [-0.25, -0.2) is 54.0 Å². The Bertz CT molecular complexity index is 2900. The summed E-state index contributed by atoms with van der Waals surface area (Å²) in [4.78, 5) is 67.2. The first-order chi connectivity index (χ1) is 26.9. The smallest absolute Gasteiger partial charge is 0.335 e. The third-order valence-corrected chi connectivity index (χ3v) is 12.0. The molecule has 5 aromatic carbocycles. The minimum atomic E-state index is -5.10. The number of sulfonamides is 3. The molecule has 0 saturated carbocycles. The Balaban J connectivity index is 1.71. The van der Waals surface area contributed by atoms with Gasteiger partial charge in [-0.3, -0.25) is 14.2 Å². The molecule has 0 bridgehead atoms. The maximum Gasteiger partial charge on any atom is 0.335 e. The van der Waals surface area contributed by atoms with E-state index in [1.165, 1.54) is 0 Å². The third-order valence-electron chi connectivity index (χ3n) is 7.81. The number of carboxylic acid groups (broad SMARTS) is 6. The van der Waals surface area contributed by atoms with E-state index >= 15 is 0 Å². The summed E-state index contributed by atoms with van der Waals surface area (Å²) >= 11 is 0. The van der Waals surface area contributed by atoms with Crippen LogP contribution in [0, 0.1) is 0 Å². The van der Waals surface area contributed by atoms with Gasteiger partial charge in [0.25, 0.3) is 30.1 Å². The van der Waals surface area contributed by atoms with Crippen molar-refractivity contribution in [2.75, 3.05) is 14.2 Å². The lowest BCUT2D eigenvalue weighted by Gasteiger charge is -2.16. The van der Waals surface area contributed by atoms with Crippen molar-refractivity contribution < 1.29 is 84.7 Å². The maximum absolute atomic E-state index is 14.0. The molecule has 0 heterocycles. The van der Waals surface area contributed by atoms with E-state index in [0.29, 0.717) is 6.07 Å². The number of nitrogens with one attached hydrogen (secondary N) is 3. The molecular weight excluding hydrogens is 835 g/mol. The largest absolute Gasteiger partial charge is 0.478 e. The van der Waals surface area contributed by atoms with Crippen LogP contribution in [0.3, 0.4) is 0 Å². The highest BCUT2D eigenvalue weighted by molar-refractivity contribution is 7.94. The number of hydrogen-bond donors (Lipinski definition) is 9. The van der Waals surface area contributed by atoms with Crippen LogP contribution in [0.1, 0.15) is 62.1 Å². The normalized spacial score (nSPS) is 11.7. The zero-order valence-corrected chi connectivity index (χ0v) is 30.8. The van der Waals surface area contributed by atoms with Crippen LogP contribution in [-0.2, 0) is 30.1 Å². The van der Waals surface area contributed by atoms with Crippen LogP contribution in [0.25, 0.3) is 10.8 Å². The summed E-state index contributed by atoms with van der Waals surface area (Å²) in [5.74, 6) is -9.82. The van der Waals surface area contributed by atoms with Crippen LogP contribution in [0.2, 0.25) is 0 Å². The molecule has 0 aliphatic heterocycles. The lowest BCUT2D eigenvalue weighted by molar-refractivity contribution is 0.0676. The van der Waals surface area contributed by atoms with Crippen LogP contribution in [0.4, 0.5) is 17.1 Å². The molecule has 58 heavy (non-hydrogen) atoms. The van der Waals surface area contributed by atoms with Crippen molar-refractivity contribution in [2.45, 2.75) is 14.7 Å². The van der Waals surface area contributed by atoms with Crippen molar-refractivity contribution >= 4 is 93.7 Å². The predicted molar refractivity (Wildman–Crippen MR) is 197 cm³/mol. The van der Waals surface area contributed by atoms with Gasteiger partial charge in [0.1, 0.15) is 0 Å². The van der Waals surface area contributed by atoms with Gasteiger partial charge in [-0.15, -0.1) is 0 Å². The van der Waals surface area contributed by atoms with E-state index in [9.17, 15) is 84.7 Å². The molecule has 0 saturated heterocycles. The van der Waals surface area contributed by atoms with Gasteiger partial charge in [0.15, 0.2) is 0 Å². The van der Waals surface area contributed by atoms with Crippen molar-refractivity contribution in [1.29, 1.82) is 0 Å². The summed E-state index contributed by atoms with van der Waals surface area (Å²) in [6.07, 6.45) is 0. The van der Waals surface area contributed by atoms with Crippen LogP contribution in [0.5, 0.6) is 0 Å². The summed E-state index contributed by atoms with van der Waals surface area (Å²) < 4.78 is 88.5. The average Bonchev–Trinajstić information content (AvgIpc) is 3.12. The lowest BCUT2D eigenvalue weighted by atomic mass is 10.1. The summed E-state index contributed by atoms with van der Waals surface area (Å²) in [5, 5.41) is 55.7. The molecule has 0 fully saturated rings. The molecule has 0 unspecified atom stereocenters. The second kappa shape index (κ2) is 15.2. The van der Waals surface area contributed by atoms with Gasteiger partial charge in [0.05, 0.1) is 65.1 Å². The Kier molecular flexibility index (Phi) is 10.9. The fourth-order valence-corrected chi connectivity index (χ4v) is 8.82. The fourth-order valence-electron chi connectivity index (χ4n) is 5.27. The van der Waals surface area contributed by atoms with E-state index in [0.717, 1.165) is 78.9 Å². The number of anilines is 3. The summed E-state index contributed by atoms with van der Waals surface area (Å²) in [5.41, 5.74) is -5.66. The van der Waals surface area contributed by atoms with E-state index in [1.807, 2.05) is 14.2 Å². The standard InChI is InChI=1S/C34H23N3O18S3/c38-29(39)16-3-17(30(40)41)7-22(6-16)35-56(50,51)25-1-2-27-15(12-25)13-26(57(52,53)36-23-8-18(31(42)43)4-19(9-23)32(44)45)14-28(27)58(54,55)37-24-10-20(33(46)47)5-21(11-24)34(48)49/h1-14,35-37H,(H,38,39)(H,40,41)(H,42,43)(H,44,45)(H,46,47)(H,48,49). The predicted octanol–water partition coefficient (Wildman–Crippen LogP) is 3.43. The number of fused-ring (bicyclic) bond motifs is 1. The monoisotopic (exact) mass is 857 g/mol. The van der Waals surface area contributed by atoms with Gasteiger partial charge < -0.3 is 30.6 Å². The van der Waals surface area contributed by atoms with Crippen molar-refractivity contribution in [3.8, 4) is 0 Å². The highest BCUT2D eigenvalue weighted by Crippen LogP contribution is 2.33. The van der Waals surface area contributed by atoms with Gasteiger partial charge in [-0.2, -0.15) is 0 Å².